The van der Waals surface area contributed by atoms with Crippen LogP contribution in [0.5, 0.6) is 0 Å². The minimum absolute atomic E-state index is 0.00838. The van der Waals surface area contributed by atoms with E-state index in [1.807, 2.05) is 19.3 Å². The molecular weight excluding hydrogens is 180 g/mol. The summed E-state index contributed by atoms with van der Waals surface area (Å²) in [7, 11) is 1.85. The second-order valence-corrected chi connectivity index (χ2v) is 3.70. The second-order valence-electron chi connectivity index (χ2n) is 3.70. The highest BCUT2D eigenvalue weighted by Crippen LogP contribution is 2.13. The number of hydrogen-bond acceptors (Lipinski definition) is 2. The Morgan fingerprint density at radius 2 is 2.43 bits per heavy atom. The Kier molecular flexibility index (Phi) is 2.29. The zero-order chi connectivity index (χ0) is 10.1. The summed E-state index contributed by atoms with van der Waals surface area (Å²) in [5.74, 6) is 0.00838. The van der Waals surface area contributed by atoms with Crippen molar-refractivity contribution < 1.29 is 9.90 Å². The number of β-amino-alcohol motifs (C(OH)–C–C–N with tert-alkyl or cyclic N) is 1. The monoisotopic (exact) mass is 194 g/mol. The van der Waals surface area contributed by atoms with Crippen molar-refractivity contribution in [2.45, 2.75) is 12.5 Å². The average Bonchev–Trinajstić information content (AvgIpc) is 2.73. The van der Waals surface area contributed by atoms with Gasteiger partial charge >= 0.3 is 0 Å². The maximum atomic E-state index is 11.9. The average molecular weight is 194 g/mol. The van der Waals surface area contributed by atoms with Crippen LogP contribution in [0.2, 0.25) is 0 Å². The molecule has 0 aliphatic carbocycles. The molecule has 0 bridgehead atoms. The minimum Gasteiger partial charge on any atom is -0.391 e. The van der Waals surface area contributed by atoms with Crippen LogP contribution < -0.4 is 0 Å². The zero-order valence-corrected chi connectivity index (χ0v) is 8.18. The standard InChI is InChI=1S/C10H14N2O2/c1-11-5-2-3-9(11)10(14)12-6-4-8(13)7-12/h2-3,5,8,13H,4,6-7H2,1H3/t8-/m1/s1. The number of aliphatic hydroxyl groups excluding tert-OH is 1. The summed E-state index contributed by atoms with van der Waals surface area (Å²) >= 11 is 0. The molecule has 1 aromatic rings. The molecule has 14 heavy (non-hydrogen) atoms. The lowest BCUT2D eigenvalue weighted by atomic mass is 10.3. The zero-order valence-electron chi connectivity index (χ0n) is 8.18. The predicted octanol–water partition coefficient (Wildman–Crippen LogP) is 0.232. The largest absolute Gasteiger partial charge is 0.391 e. The van der Waals surface area contributed by atoms with Gasteiger partial charge in [0.2, 0.25) is 0 Å². The maximum absolute atomic E-state index is 11.9. The quantitative estimate of drug-likeness (QED) is 0.695. The van der Waals surface area contributed by atoms with Gasteiger partial charge in [0.15, 0.2) is 0 Å². The van der Waals surface area contributed by atoms with Crippen molar-refractivity contribution in [2.75, 3.05) is 13.1 Å². The van der Waals surface area contributed by atoms with E-state index in [0.29, 0.717) is 25.2 Å². The highest BCUT2D eigenvalue weighted by Gasteiger charge is 2.26. The lowest BCUT2D eigenvalue weighted by molar-refractivity contribution is 0.0755. The molecule has 1 aromatic heterocycles. The Bertz CT molecular complexity index is 346. The molecule has 4 heteroatoms. The van der Waals surface area contributed by atoms with Crippen LogP contribution in [0.15, 0.2) is 18.3 Å². The van der Waals surface area contributed by atoms with E-state index >= 15 is 0 Å². The van der Waals surface area contributed by atoms with Crippen LogP contribution in [0, 0.1) is 0 Å². The van der Waals surface area contributed by atoms with Crippen molar-refractivity contribution in [2.24, 2.45) is 7.05 Å². The number of carbonyl (C=O) groups excluding carboxylic acids is 1. The van der Waals surface area contributed by atoms with Gasteiger partial charge in [0.1, 0.15) is 5.69 Å². The van der Waals surface area contributed by atoms with Gasteiger partial charge in [-0.3, -0.25) is 4.79 Å². The molecule has 1 aliphatic heterocycles. The van der Waals surface area contributed by atoms with E-state index in [1.54, 1.807) is 15.5 Å². The normalized spacial score (nSPS) is 21.6. The Hall–Kier alpha value is -1.29. The molecule has 1 saturated heterocycles. The van der Waals surface area contributed by atoms with Crippen molar-refractivity contribution in [1.29, 1.82) is 0 Å². The number of aryl methyl sites for hydroxylation is 1. The minimum atomic E-state index is -0.348. The SMILES string of the molecule is Cn1cccc1C(=O)N1CC[C@@H](O)C1. The fraction of sp³-hybridized carbons (Fsp3) is 0.500. The molecule has 1 fully saturated rings. The van der Waals surface area contributed by atoms with E-state index in [2.05, 4.69) is 0 Å². The number of carbonyl (C=O) groups is 1. The summed E-state index contributed by atoms with van der Waals surface area (Å²) in [5, 5.41) is 9.31. The molecule has 0 unspecified atom stereocenters. The first-order chi connectivity index (χ1) is 6.68. The first-order valence-electron chi connectivity index (χ1n) is 4.77. The molecule has 2 heterocycles. The number of aromatic nitrogens is 1. The highest BCUT2D eigenvalue weighted by atomic mass is 16.3. The molecule has 4 nitrogen and oxygen atoms in total. The fourth-order valence-electron chi connectivity index (χ4n) is 1.77. The van der Waals surface area contributed by atoms with E-state index in [0.717, 1.165) is 0 Å². The van der Waals surface area contributed by atoms with Crippen LogP contribution in [0.4, 0.5) is 0 Å². The molecule has 2 rings (SSSR count). The predicted molar refractivity (Wildman–Crippen MR) is 51.9 cm³/mol. The van der Waals surface area contributed by atoms with E-state index in [9.17, 15) is 9.90 Å². The summed E-state index contributed by atoms with van der Waals surface area (Å²) < 4.78 is 1.80. The van der Waals surface area contributed by atoms with Gasteiger partial charge in [-0.15, -0.1) is 0 Å². The van der Waals surface area contributed by atoms with E-state index in [4.69, 9.17) is 0 Å². The number of likely N-dealkylation sites (tertiary alicyclic amines) is 1. The second kappa shape index (κ2) is 3.46. The third kappa shape index (κ3) is 1.53. The summed E-state index contributed by atoms with van der Waals surface area (Å²) in [4.78, 5) is 13.6. The molecule has 1 N–H and O–H groups in total. The Balaban J connectivity index is 2.13. The Morgan fingerprint density at radius 3 is 2.93 bits per heavy atom. The van der Waals surface area contributed by atoms with Crippen molar-refractivity contribution in [1.82, 2.24) is 9.47 Å². The number of aliphatic hydroxyl groups is 1. The van der Waals surface area contributed by atoms with Crippen molar-refractivity contribution in [3.63, 3.8) is 0 Å². The molecule has 0 saturated carbocycles. The summed E-state index contributed by atoms with van der Waals surface area (Å²) in [6.07, 6.45) is 2.19. The molecule has 1 amide bonds. The van der Waals surface area contributed by atoms with Gasteiger partial charge in [0.05, 0.1) is 6.10 Å². The fourth-order valence-corrected chi connectivity index (χ4v) is 1.77. The number of nitrogens with zero attached hydrogens (tertiary/aromatic N) is 2. The summed E-state index contributed by atoms with van der Waals surface area (Å²) in [5.41, 5.74) is 0.680. The molecule has 0 radical (unpaired) electrons. The molecule has 1 atom stereocenters. The van der Waals surface area contributed by atoms with Crippen molar-refractivity contribution in [3.05, 3.63) is 24.0 Å². The van der Waals surface area contributed by atoms with E-state index in [1.165, 1.54) is 0 Å². The molecule has 76 valence electrons. The number of amides is 1. The summed E-state index contributed by atoms with van der Waals surface area (Å²) in [6, 6.07) is 3.65. The first-order valence-corrected chi connectivity index (χ1v) is 4.77. The number of hydrogen-bond donors (Lipinski definition) is 1. The molecule has 0 spiro atoms. The summed E-state index contributed by atoms with van der Waals surface area (Å²) in [6.45, 7) is 1.12. The Morgan fingerprint density at radius 1 is 1.64 bits per heavy atom. The van der Waals surface area contributed by atoms with Gasteiger partial charge in [-0.05, 0) is 18.6 Å². The van der Waals surface area contributed by atoms with Gasteiger partial charge in [-0.25, -0.2) is 0 Å². The lowest BCUT2D eigenvalue weighted by Crippen LogP contribution is -2.30. The smallest absolute Gasteiger partial charge is 0.270 e. The van der Waals surface area contributed by atoms with Crippen molar-refractivity contribution >= 4 is 5.91 Å². The van der Waals surface area contributed by atoms with Crippen LogP contribution in [-0.2, 0) is 7.05 Å². The Labute approximate surface area is 82.7 Å². The molecule has 0 aromatic carbocycles. The van der Waals surface area contributed by atoms with Gasteiger partial charge < -0.3 is 14.6 Å². The maximum Gasteiger partial charge on any atom is 0.270 e. The van der Waals surface area contributed by atoms with Crippen LogP contribution in [-0.4, -0.2) is 39.7 Å². The van der Waals surface area contributed by atoms with E-state index in [-0.39, 0.29) is 12.0 Å². The third-order valence-corrected chi connectivity index (χ3v) is 2.61. The van der Waals surface area contributed by atoms with Gasteiger partial charge in [0.25, 0.3) is 5.91 Å². The van der Waals surface area contributed by atoms with Crippen LogP contribution in [0.1, 0.15) is 16.9 Å². The molecule has 1 aliphatic rings. The van der Waals surface area contributed by atoms with E-state index < -0.39 is 0 Å². The third-order valence-electron chi connectivity index (χ3n) is 2.61. The first kappa shape index (κ1) is 9.27. The molecular formula is C10H14N2O2. The lowest BCUT2D eigenvalue weighted by Gasteiger charge is -2.15. The number of rotatable bonds is 1. The van der Waals surface area contributed by atoms with Crippen LogP contribution in [0.25, 0.3) is 0 Å². The van der Waals surface area contributed by atoms with Crippen LogP contribution >= 0.6 is 0 Å². The van der Waals surface area contributed by atoms with Crippen molar-refractivity contribution in [3.8, 4) is 0 Å². The van der Waals surface area contributed by atoms with Gasteiger partial charge in [-0.1, -0.05) is 0 Å². The van der Waals surface area contributed by atoms with Gasteiger partial charge in [-0.2, -0.15) is 0 Å². The van der Waals surface area contributed by atoms with Crippen LogP contribution in [0.3, 0.4) is 0 Å². The van der Waals surface area contributed by atoms with Gasteiger partial charge in [0, 0.05) is 26.3 Å². The topological polar surface area (TPSA) is 45.5 Å². The highest BCUT2D eigenvalue weighted by molar-refractivity contribution is 5.92.